The lowest BCUT2D eigenvalue weighted by atomic mass is 10.0. The molecule has 1 unspecified atom stereocenters. The van der Waals surface area contributed by atoms with Crippen LogP contribution in [0.4, 0.5) is 0 Å². The molecule has 1 atom stereocenters. The van der Waals surface area contributed by atoms with Crippen LogP contribution in [0.5, 0.6) is 0 Å². The molecule has 0 aliphatic carbocycles. The Balaban J connectivity index is 1.94. The number of benzene rings is 1. The van der Waals surface area contributed by atoms with Crippen molar-refractivity contribution in [3.63, 3.8) is 0 Å². The maximum atomic E-state index is 12.7. The van der Waals surface area contributed by atoms with Crippen LogP contribution < -0.4 is 10.6 Å². The Bertz CT molecular complexity index is 642. The highest BCUT2D eigenvalue weighted by Crippen LogP contribution is 2.21. The van der Waals surface area contributed by atoms with E-state index in [4.69, 9.17) is 0 Å². The molecule has 142 valence electrons. The third kappa shape index (κ3) is 6.10. The van der Waals surface area contributed by atoms with Crippen LogP contribution in [0.1, 0.15) is 24.9 Å². The molecule has 2 N–H and O–H groups in total. The van der Waals surface area contributed by atoms with Gasteiger partial charge < -0.3 is 15.5 Å². The van der Waals surface area contributed by atoms with Crippen LogP contribution in [0.15, 0.2) is 28.7 Å². The number of amides is 3. The summed E-state index contributed by atoms with van der Waals surface area (Å²) in [5.41, 5.74) is 0.898. The van der Waals surface area contributed by atoms with Crippen molar-refractivity contribution in [1.29, 1.82) is 0 Å². The van der Waals surface area contributed by atoms with E-state index in [0.717, 1.165) is 10.0 Å². The lowest BCUT2D eigenvalue weighted by Gasteiger charge is -2.35. The monoisotopic (exact) mass is 424 g/mol. The minimum absolute atomic E-state index is 0.00580. The SMILES string of the molecule is CNC(=O)CN1CCN(C(=O)CC(NC(C)=O)c2ccc(Br)cc2)CC1. The largest absolute Gasteiger partial charge is 0.358 e. The molecule has 1 aromatic carbocycles. The van der Waals surface area contributed by atoms with Crippen molar-refractivity contribution in [3.8, 4) is 0 Å². The first kappa shape index (κ1) is 20.4. The van der Waals surface area contributed by atoms with Gasteiger partial charge in [0.15, 0.2) is 0 Å². The molecule has 1 fully saturated rings. The summed E-state index contributed by atoms with van der Waals surface area (Å²) in [6.07, 6.45) is 0.219. The molecule has 1 aliphatic heterocycles. The minimum Gasteiger partial charge on any atom is -0.358 e. The van der Waals surface area contributed by atoms with Gasteiger partial charge >= 0.3 is 0 Å². The predicted molar refractivity (Wildman–Crippen MR) is 102 cm³/mol. The zero-order valence-corrected chi connectivity index (χ0v) is 16.7. The topological polar surface area (TPSA) is 81.8 Å². The van der Waals surface area contributed by atoms with E-state index in [1.165, 1.54) is 6.92 Å². The number of piperazine rings is 1. The quantitative estimate of drug-likeness (QED) is 0.710. The Morgan fingerprint density at radius 1 is 1.12 bits per heavy atom. The summed E-state index contributed by atoms with van der Waals surface area (Å²) in [6, 6.07) is 7.24. The van der Waals surface area contributed by atoms with Gasteiger partial charge in [-0.25, -0.2) is 0 Å². The third-order valence-corrected chi connectivity index (χ3v) is 4.93. The van der Waals surface area contributed by atoms with Gasteiger partial charge in [-0.15, -0.1) is 0 Å². The Hall–Kier alpha value is -1.93. The van der Waals surface area contributed by atoms with Crippen LogP contribution in [-0.4, -0.2) is 67.3 Å². The van der Waals surface area contributed by atoms with E-state index in [-0.39, 0.29) is 30.2 Å². The van der Waals surface area contributed by atoms with E-state index in [2.05, 4.69) is 26.6 Å². The van der Waals surface area contributed by atoms with Gasteiger partial charge in [0.05, 0.1) is 19.0 Å². The molecular weight excluding hydrogens is 400 g/mol. The van der Waals surface area contributed by atoms with Gasteiger partial charge in [-0.1, -0.05) is 28.1 Å². The first-order valence-corrected chi connectivity index (χ1v) is 9.41. The van der Waals surface area contributed by atoms with Crippen LogP contribution in [0.25, 0.3) is 0 Å². The molecule has 2 rings (SSSR count). The van der Waals surface area contributed by atoms with E-state index < -0.39 is 0 Å². The molecule has 3 amide bonds. The van der Waals surface area contributed by atoms with Gasteiger partial charge in [0, 0.05) is 44.6 Å². The van der Waals surface area contributed by atoms with Crippen molar-refractivity contribution < 1.29 is 14.4 Å². The van der Waals surface area contributed by atoms with Crippen LogP contribution in [0.3, 0.4) is 0 Å². The normalized spacial score (nSPS) is 16.0. The molecule has 0 bridgehead atoms. The predicted octanol–water partition coefficient (Wildman–Crippen LogP) is 0.907. The van der Waals surface area contributed by atoms with Crippen molar-refractivity contribution in [1.82, 2.24) is 20.4 Å². The van der Waals surface area contributed by atoms with Crippen LogP contribution in [-0.2, 0) is 14.4 Å². The second-order valence-electron chi connectivity index (χ2n) is 6.34. The summed E-state index contributed by atoms with van der Waals surface area (Å²) in [6.45, 7) is 4.32. The Morgan fingerprint density at radius 2 is 1.73 bits per heavy atom. The molecule has 1 heterocycles. The van der Waals surface area contributed by atoms with E-state index in [1.807, 2.05) is 29.2 Å². The zero-order chi connectivity index (χ0) is 19.1. The molecule has 0 saturated carbocycles. The molecule has 0 radical (unpaired) electrons. The number of carbonyl (C=O) groups excluding carboxylic acids is 3. The highest BCUT2D eigenvalue weighted by molar-refractivity contribution is 9.10. The summed E-state index contributed by atoms with van der Waals surface area (Å²) in [7, 11) is 1.62. The smallest absolute Gasteiger partial charge is 0.233 e. The molecule has 0 spiro atoms. The molecular formula is C18H25BrN4O3. The van der Waals surface area contributed by atoms with Crippen molar-refractivity contribution in [2.45, 2.75) is 19.4 Å². The lowest BCUT2D eigenvalue weighted by Crippen LogP contribution is -2.51. The molecule has 26 heavy (non-hydrogen) atoms. The van der Waals surface area contributed by atoms with Crippen molar-refractivity contribution >= 4 is 33.7 Å². The highest BCUT2D eigenvalue weighted by atomic mass is 79.9. The fraction of sp³-hybridized carbons (Fsp3) is 0.500. The number of hydrogen-bond donors (Lipinski definition) is 2. The Morgan fingerprint density at radius 3 is 2.27 bits per heavy atom. The lowest BCUT2D eigenvalue weighted by molar-refractivity contribution is -0.134. The second-order valence-corrected chi connectivity index (χ2v) is 7.25. The van der Waals surface area contributed by atoms with Gasteiger partial charge in [0.1, 0.15) is 0 Å². The zero-order valence-electron chi connectivity index (χ0n) is 15.1. The number of carbonyl (C=O) groups is 3. The summed E-state index contributed by atoms with van der Waals surface area (Å²) in [5.74, 6) is -0.182. The average molecular weight is 425 g/mol. The van der Waals surface area contributed by atoms with E-state index in [0.29, 0.717) is 32.7 Å². The van der Waals surface area contributed by atoms with Gasteiger partial charge in [-0.3, -0.25) is 19.3 Å². The molecule has 0 aromatic heterocycles. The third-order valence-electron chi connectivity index (χ3n) is 4.40. The number of hydrogen-bond acceptors (Lipinski definition) is 4. The number of nitrogens with one attached hydrogen (secondary N) is 2. The Kier molecular flexibility index (Phi) is 7.59. The standard InChI is InChI=1S/C18H25BrN4O3/c1-13(24)21-16(14-3-5-15(19)6-4-14)11-18(26)23-9-7-22(8-10-23)12-17(25)20-2/h3-6,16H,7-12H2,1-2H3,(H,20,25)(H,21,24). The van der Waals surface area contributed by atoms with Crippen LogP contribution >= 0.6 is 15.9 Å². The Labute approximate surface area is 162 Å². The van der Waals surface area contributed by atoms with E-state index in [9.17, 15) is 14.4 Å². The van der Waals surface area contributed by atoms with Gasteiger partial charge in [0.2, 0.25) is 17.7 Å². The summed E-state index contributed by atoms with van der Waals surface area (Å²) < 4.78 is 0.946. The maximum absolute atomic E-state index is 12.7. The average Bonchev–Trinajstić information content (AvgIpc) is 2.62. The number of nitrogens with zero attached hydrogens (tertiary/aromatic N) is 2. The van der Waals surface area contributed by atoms with Gasteiger partial charge in [-0.2, -0.15) is 0 Å². The van der Waals surface area contributed by atoms with Crippen LogP contribution in [0, 0.1) is 0 Å². The molecule has 1 aliphatic rings. The van der Waals surface area contributed by atoms with Crippen molar-refractivity contribution in [3.05, 3.63) is 34.3 Å². The van der Waals surface area contributed by atoms with E-state index in [1.54, 1.807) is 11.9 Å². The summed E-state index contributed by atoms with van der Waals surface area (Å²) in [4.78, 5) is 39.5. The molecule has 8 heteroatoms. The summed E-state index contributed by atoms with van der Waals surface area (Å²) in [5, 5.41) is 5.47. The number of halogens is 1. The molecule has 1 aromatic rings. The van der Waals surface area contributed by atoms with Gasteiger partial charge in [-0.05, 0) is 17.7 Å². The maximum Gasteiger partial charge on any atom is 0.233 e. The fourth-order valence-electron chi connectivity index (χ4n) is 2.93. The number of likely N-dealkylation sites (N-methyl/N-ethyl adjacent to an activating group) is 1. The highest BCUT2D eigenvalue weighted by Gasteiger charge is 2.25. The molecule has 7 nitrogen and oxygen atoms in total. The van der Waals surface area contributed by atoms with Crippen molar-refractivity contribution in [2.24, 2.45) is 0 Å². The van der Waals surface area contributed by atoms with E-state index >= 15 is 0 Å². The second kappa shape index (κ2) is 9.68. The first-order chi connectivity index (χ1) is 12.4. The fourth-order valence-corrected chi connectivity index (χ4v) is 3.20. The van der Waals surface area contributed by atoms with Crippen LogP contribution in [0.2, 0.25) is 0 Å². The minimum atomic E-state index is -0.350. The number of rotatable bonds is 6. The molecule has 1 saturated heterocycles. The van der Waals surface area contributed by atoms with Crippen molar-refractivity contribution in [2.75, 3.05) is 39.8 Å². The first-order valence-electron chi connectivity index (χ1n) is 8.62. The summed E-state index contributed by atoms with van der Waals surface area (Å²) >= 11 is 3.39. The van der Waals surface area contributed by atoms with Gasteiger partial charge in [0.25, 0.3) is 0 Å².